The number of nitrogens with one attached hydrogen (secondary N) is 3. The number of nitriles is 2. The molecule has 1 amide bonds. The summed E-state index contributed by atoms with van der Waals surface area (Å²) in [6, 6.07) is 20.1. The molecule has 0 saturated carbocycles. The summed E-state index contributed by atoms with van der Waals surface area (Å²) in [5, 5.41) is 54.1. The van der Waals surface area contributed by atoms with Crippen molar-refractivity contribution in [2.45, 2.75) is 34.5 Å². The van der Waals surface area contributed by atoms with Gasteiger partial charge in [-0.05, 0) is 79.2 Å². The van der Waals surface area contributed by atoms with Gasteiger partial charge in [-0.15, -0.1) is 20.5 Å². The van der Waals surface area contributed by atoms with Crippen LogP contribution in [0.25, 0.3) is 11.1 Å². The third kappa shape index (κ3) is 12.4. The summed E-state index contributed by atoms with van der Waals surface area (Å²) < 4.78 is 102. The van der Waals surface area contributed by atoms with Crippen LogP contribution in [0.2, 0.25) is 15.1 Å². The molecule has 354 valence electrons. The van der Waals surface area contributed by atoms with Gasteiger partial charge in [-0.25, -0.2) is 4.98 Å². The first kappa shape index (κ1) is 51.4. The SMILES string of the molecule is Cc1c(C#N)c(Nc2ccc(Cl)c(S(=O)(=O)O)c2)nc(Nc2ccc(Cl)c(S(=O)(=O)O)c2)c1N=Nc1sc(N=Nc2ccc(Cl)c(S(=O)(=O)O)c2)c(-c2cccc(NC(=O)CCC(=O)O)c2)c1C#N. The van der Waals surface area contributed by atoms with E-state index in [1.807, 2.05) is 12.1 Å². The Morgan fingerprint density at radius 2 is 1.20 bits per heavy atom. The number of azo groups is 2. The van der Waals surface area contributed by atoms with Crippen molar-refractivity contribution in [3.63, 3.8) is 0 Å². The lowest BCUT2D eigenvalue weighted by Crippen LogP contribution is -2.13. The third-order valence-electron chi connectivity index (χ3n) is 9.14. The Morgan fingerprint density at radius 1 is 0.667 bits per heavy atom. The second-order valence-corrected chi connectivity index (χ2v) is 20.2. The van der Waals surface area contributed by atoms with Gasteiger partial charge in [0.2, 0.25) is 5.91 Å². The fourth-order valence-corrected chi connectivity index (χ4v) is 9.94. The Hall–Kier alpha value is -6.95. The van der Waals surface area contributed by atoms with Gasteiger partial charge >= 0.3 is 5.97 Å². The smallest absolute Gasteiger partial charge is 0.303 e. The van der Waals surface area contributed by atoms with E-state index in [2.05, 4.69) is 41.4 Å². The Bertz CT molecular complexity index is 3620. The molecule has 7 N–H and O–H groups in total. The second-order valence-electron chi connectivity index (χ2n) is 13.8. The van der Waals surface area contributed by atoms with Gasteiger partial charge in [0.15, 0.2) is 16.6 Å². The lowest BCUT2D eigenvalue weighted by molar-refractivity contribution is -0.138. The number of carbonyl (C=O) groups is 2. The molecule has 2 heterocycles. The molecule has 4 aromatic carbocycles. The minimum absolute atomic E-state index is 0.0286. The zero-order chi connectivity index (χ0) is 50.6. The van der Waals surface area contributed by atoms with Crippen LogP contribution in [0.4, 0.5) is 50.1 Å². The summed E-state index contributed by atoms with van der Waals surface area (Å²) in [6.07, 6.45) is -0.812. The highest BCUT2D eigenvalue weighted by atomic mass is 35.5. The molecule has 22 nitrogen and oxygen atoms in total. The van der Waals surface area contributed by atoms with Crippen molar-refractivity contribution in [3.8, 4) is 23.3 Å². The molecule has 0 unspecified atom stereocenters. The lowest BCUT2D eigenvalue weighted by atomic mass is 10.0. The van der Waals surface area contributed by atoms with Gasteiger partial charge in [-0.2, -0.15) is 35.8 Å². The van der Waals surface area contributed by atoms with E-state index < -0.39 is 63.3 Å². The molecular formula is C40H27Cl3N10O12S4. The molecule has 0 saturated heterocycles. The average molecular weight is 1070 g/mol. The number of amides is 1. The number of aromatic nitrogens is 1. The molecule has 0 spiro atoms. The fourth-order valence-electron chi connectivity index (χ4n) is 6.03. The predicted octanol–water partition coefficient (Wildman–Crippen LogP) is 10.7. The van der Waals surface area contributed by atoms with Gasteiger partial charge in [0, 0.05) is 34.6 Å². The topological polar surface area (TPSA) is 363 Å². The van der Waals surface area contributed by atoms with Crippen molar-refractivity contribution in [1.82, 2.24) is 4.98 Å². The molecule has 2 aromatic heterocycles. The van der Waals surface area contributed by atoms with Crippen LogP contribution in [0.5, 0.6) is 0 Å². The Balaban J connectivity index is 1.55. The van der Waals surface area contributed by atoms with Gasteiger partial charge in [-0.3, -0.25) is 23.2 Å². The van der Waals surface area contributed by atoms with Crippen molar-refractivity contribution < 1.29 is 53.6 Å². The summed E-state index contributed by atoms with van der Waals surface area (Å²) in [6.45, 7) is 1.41. The van der Waals surface area contributed by atoms with Crippen molar-refractivity contribution in [2.75, 3.05) is 16.0 Å². The van der Waals surface area contributed by atoms with Crippen LogP contribution in [-0.4, -0.2) is 60.9 Å². The van der Waals surface area contributed by atoms with Crippen molar-refractivity contribution >= 4 is 138 Å². The zero-order valence-corrected chi connectivity index (χ0v) is 39.9. The summed E-state index contributed by atoms with van der Waals surface area (Å²) in [7, 11) is -14.5. The number of anilines is 5. The number of nitrogens with zero attached hydrogens (tertiary/aromatic N) is 7. The van der Waals surface area contributed by atoms with E-state index in [1.54, 1.807) is 0 Å². The van der Waals surface area contributed by atoms with Gasteiger partial charge in [0.05, 0.1) is 32.7 Å². The highest BCUT2D eigenvalue weighted by Gasteiger charge is 2.25. The number of rotatable bonds is 16. The number of carbonyl (C=O) groups excluding carboxylic acids is 1. The van der Waals surface area contributed by atoms with Gasteiger partial charge in [0.1, 0.15) is 43.1 Å². The molecule has 0 fully saturated rings. The molecule has 6 aromatic rings. The van der Waals surface area contributed by atoms with E-state index in [1.165, 1.54) is 49.4 Å². The number of benzene rings is 4. The maximum atomic E-state index is 12.6. The minimum atomic E-state index is -4.87. The largest absolute Gasteiger partial charge is 0.481 e. The number of pyridine rings is 1. The minimum Gasteiger partial charge on any atom is -0.481 e. The van der Waals surface area contributed by atoms with Gasteiger partial charge < -0.3 is 21.1 Å². The quantitative estimate of drug-likeness (QED) is 0.0350. The van der Waals surface area contributed by atoms with Crippen LogP contribution in [0.3, 0.4) is 0 Å². The maximum absolute atomic E-state index is 12.6. The standard InChI is InChI=1S/C40H27Cl3N10O12S4/c1-19-25(17-44)37(47-22-5-8-27(41)30(14-22)67(57,58)59)49-38(48-23-6-9-28(42)31(15-23)68(60,61)62)36(19)51-52-39-26(18-45)35(20-3-2-4-21(13-20)46-33(54)11-12-34(55)56)40(66-39)53-50-24-7-10-29(43)32(16-24)69(63,64)65/h2-10,13-16H,11-12H2,1H3,(H,46,54)(H,55,56)(H2,47,48,49)(H,57,58,59)(H,60,61,62)(H,63,64,65). The van der Waals surface area contributed by atoms with Crippen LogP contribution in [-0.2, 0) is 39.9 Å². The highest BCUT2D eigenvalue weighted by Crippen LogP contribution is 2.49. The predicted molar refractivity (Wildman–Crippen MR) is 252 cm³/mol. The Kier molecular flexibility index (Phi) is 15.5. The zero-order valence-electron chi connectivity index (χ0n) is 34.4. The molecule has 0 aliphatic rings. The summed E-state index contributed by atoms with van der Waals surface area (Å²) >= 11 is 18.8. The third-order valence-corrected chi connectivity index (χ3v) is 14.1. The van der Waals surface area contributed by atoms with E-state index in [4.69, 9.17) is 39.9 Å². The first-order valence-electron chi connectivity index (χ1n) is 18.7. The van der Waals surface area contributed by atoms with Crippen LogP contribution >= 0.6 is 46.1 Å². The number of thiophene rings is 1. The van der Waals surface area contributed by atoms with Crippen molar-refractivity contribution in [2.24, 2.45) is 20.5 Å². The van der Waals surface area contributed by atoms with Crippen molar-refractivity contribution in [1.29, 1.82) is 10.5 Å². The molecule has 0 radical (unpaired) electrons. The van der Waals surface area contributed by atoms with E-state index >= 15 is 0 Å². The second kappa shape index (κ2) is 20.7. The molecule has 6 rings (SSSR count). The monoisotopic (exact) mass is 1070 g/mol. The van der Waals surface area contributed by atoms with E-state index in [-0.39, 0.29) is 99.4 Å². The van der Waals surface area contributed by atoms with Crippen LogP contribution in [0.1, 0.15) is 29.5 Å². The molecule has 0 atom stereocenters. The van der Waals surface area contributed by atoms with E-state index in [0.717, 1.165) is 47.7 Å². The number of aliphatic carboxylic acids is 1. The first-order chi connectivity index (χ1) is 32.4. The number of hydrogen-bond acceptors (Lipinski definition) is 18. The molecule has 0 aliphatic heterocycles. The number of carboxylic acid groups (broad SMARTS) is 1. The van der Waals surface area contributed by atoms with Crippen LogP contribution in [0, 0.1) is 29.6 Å². The Morgan fingerprint density at radius 3 is 1.75 bits per heavy atom. The van der Waals surface area contributed by atoms with E-state index in [9.17, 15) is 59.0 Å². The first-order valence-corrected chi connectivity index (χ1v) is 25.0. The fraction of sp³-hybridized carbons (Fsp3) is 0.0750. The molecular weight excluding hydrogens is 1050 g/mol. The summed E-state index contributed by atoms with van der Waals surface area (Å²) in [4.78, 5) is 26.0. The van der Waals surface area contributed by atoms with E-state index in [0.29, 0.717) is 0 Å². The van der Waals surface area contributed by atoms with Gasteiger partial charge in [-0.1, -0.05) is 58.3 Å². The molecule has 69 heavy (non-hydrogen) atoms. The molecule has 0 bridgehead atoms. The highest BCUT2D eigenvalue weighted by molar-refractivity contribution is 7.86. The lowest BCUT2D eigenvalue weighted by Gasteiger charge is -2.16. The van der Waals surface area contributed by atoms with Gasteiger partial charge in [0.25, 0.3) is 30.4 Å². The summed E-state index contributed by atoms with van der Waals surface area (Å²) in [5.74, 6) is -2.34. The Labute approximate surface area is 409 Å². The maximum Gasteiger partial charge on any atom is 0.303 e. The molecule has 0 aliphatic carbocycles. The van der Waals surface area contributed by atoms with Crippen LogP contribution < -0.4 is 16.0 Å². The summed E-state index contributed by atoms with van der Waals surface area (Å²) in [5.41, 5.74) is -0.284. The average Bonchev–Trinajstić information content (AvgIpc) is 3.62. The number of hydrogen-bond donors (Lipinski definition) is 7. The normalized spacial score (nSPS) is 11.9. The van der Waals surface area contributed by atoms with Crippen LogP contribution in [0.15, 0.2) is 114 Å². The number of carboxylic acids is 1. The molecule has 29 heteroatoms. The van der Waals surface area contributed by atoms with Crippen molar-refractivity contribution in [3.05, 3.63) is 111 Å². The number of halogens is 3.